The number of fused-ring (bicyclic) bond motifs is 1. The van der Waals surface area contributed by atoms with Crippen molar-refractivity contribution in [1.29, 1.82) is 0 Å². The van der Waals surface area contributed by atoms with Gasteiger partial charge in [0.25, 0.3) is 0 Å². The van der Waals surface area contributed by atoms with Gasteiger partial charge in [0, 0.05) is 13.1 Å². The van der Waals surface area contributed by atoms with Gasteiger partial charge in [0.05, 0.1) is 6.33 Å². The van der Waals surface area contributed by atoms with Crippen LogP contribution >= 0.6 is 11.9 Å². The molecule has 1 aliphatic rings. The van der Waals surface area contributed by atoms with Crippen LogP contribution in [0.5, 0.6) is 0 Å². The summed E-state index contributed by atoms with van der Waals surface area (Å²) in [6, 6.07) is 0. The van der Waals surface area contributed by atoms with E-state index in [-0.39, 0.29) is 5.82 Å². The number of nitrogens with two attached hydrogens (primary N) is 1. The number of nitrogen functional groups attached to an aromatic ring is 1. The van der Waals surface area contributed by atoms with Crippen LogP contribution in [0.15, 0.2) is 12.7 Å². The zero-order chi connectivity index (χ0) is 17.3. The van der Waals surface area contributed by atoms with Gasteiger partial charge < -0.3 is 20.7 Å². The smallest absolute Gasteiger partial charge is 0.167 e. The fraction of sp³-hybridized carbons (Fsp3) is 0.643. The van der Waals surface area contributed by atoms with Gasteiger partial charge in [-0.15, -0.1) is 0 Å². The lowest BCUT2D eigenvalue weighted by atomic mass is 10.1. The summed E-state index contributed by atoms with van der Waals surface area (Å²) in [5, 5.41) is 20.8. The van der Waals surface area contributed by atoms with E-state index in [1.54, 1.807) is 16.5 Å². The van der Waals surface area contributed by atoms with Crippen molar-refractivity contribution in [1.82, 2.24) is 23.8 Å². The first-order chi connectivity index (χ1) is 11.6. The molecule has 24 heavy (non-hydrogen) atoms. The van der Waals surface area contributed by atoms with Crippen molar-refractivity contribution < 1.29 is 14.9 Å². The normalized spacial score (nSPS) is 27.4. The highest BCUT2D eigenvalue weighted by molar-refractivity contribution is 7.96. The molecular weight excluding hydrogens is 332 g/mol. The minimum absolute atomic E-state index is 0.264. The van der Waals surface area contributed by atoms with E-state index in [4.69, 9.17) is 10.5 Å². The molecule has 0 amide bonds. The van der Waals surface area contributed by atoms with Crippen LogP contribution in [0.2, 0.25) is 0 Å². The zero-order valence-corrected chi connectivity index (χ0v) is 14.4. The van der Waals surface area contributed by atoms with Gasteiger partial charge in [-0.2, -0.15) is 0 Å². The van der Waals surface area contributed by atoms with Crippen molar-refractivity contribution in [3.05, 3.63) is 12.7 Å². The number of aromatic nitrogens is 4. The Kier molecular flexibility index (Phi) is 5.21. The molecule has 9 nitrogen and oxygen atoms in total. The van der Waals surface area contributed by atoms with Crippen molar-refractivity contribution in [2.75, 3.05) is 25.1 Å². The molecule has 1 fully saturated rings. The SMILES string of the molecule is CCCN(C[C@H]1O[C@@H](n2cnc3c(N)ncnc32)[C@H](O)[C@@H]1O)SC. The predicted molar refractivity (Wildman–Crippen MR) is 91.0 cm³/mol. The molecule has 10 heteroatoms. The molecule has 132 valence electrons. The standard InChI is InChI=1S/C14H22N6O3S/c1-3-4-19(24-2)5-8-10(21)11(22)14(23-8)20-7-18-9-12(15)16-6-17-13(9)20/h6-8,10-11,14,21-22H,3-5H2,1-2H3,(H2,15,16,17)/t8-,10-,11-,14-/m1/s1. The molecule has 0 unspecified atom stereocenters. The Hall–Kier alpha value is -1.46. The largest absolute Gasteiger partial charge is 0.387 e. The van der Waals surface area contributed by atoms with Crippen molar-refractivity contribution in [3.8, 4) is 0 Å². The fourth-order valence-corrected chi connectivity index (χ4v) is 3.53. The molecule has 1 aliphatic heterocycles. The van der Waals surface area contributed by atoms with Crippen LogP contribution in [0, 0.1) is 0 Å². The van der Waals surface area contributed by atoms with Crippen LogP contribution in [-0.2, 0) is 4.74 Å². The quantitative estimate of drug-likeness (QED) is 0.616. The number of imidazole rings is 1. The van der Waals surface area contributed by atoms with Gasteiger partial charge in [-0.1, -0.05) is 18.9 Å². The molecule has 0 radical (unpaired) electrons. The maximum absolute atomic E-state index is 10.4. The summed E-state index contributed by atoms with van der Waals surface area (Å²) in [6.45, 7) is 3.49. The molecular formula is C14H22N6O3S. The van der Waals surface area contributed by atoms with Crippen LogP contribution in [0.25, 0.3) is 11.2 Å². The minimum Gasteiger partial charge on any atom is -0.387 e. The van der Waals surface area contributed by atoms with E-state index < -0.39 is 24.5 Å². The Morgan fingerprint density at radius 1 is 1.33 bits per heavy atom. The van der Waals surface area contributed by atoms with Crippen LogP contribution in [0.3, 0.4) is 0 Å². The fourth-order valence-electron chi connectivity index (χ4n) is 2.87. The third-order valence-electron chi connectivity index (χ3n) is 4.11. The van der Waals surface area contributed by atoms with Crippen LogP contribution in [0.1, 0.15) is 19.6 Å². The van der Waals surface area contributed by atoms with Gasteiger partial charge in [0.15, 0.2) is 17.7 Å². The Morgan fingerprint density at radius 2 is 2.12 bits per heavy atom. The lowest BCUT2D eigenvalue weighted by Crippen LogP contribution is -2.37. The van der Waals surface area contributed by atoms with Gasteiger partial charge in [0.1, 0.15) is 30.2 Å². The van der Waals surface area contributed by atoms with E-state index >= 15 is 0 Å². The maximum atomic E-state index is 10.4. The summed E-state index contributed by atoms with van der Waals surface area (Å²) in [7, 11) is 0. The molecule has 2 aromatic heterocycles. The summed E-state index contributed by atoms with van der Waals surface area (Å²) in [4.78, 5) is 12.2. The molecule has 0 aromatic carbocycles. The molecule has 2 aromatic rings. The third kappa shape index (κ3) is 3.07. The Balaban J connectivity index is 1.83. The van der Waals surface area contributed by atoms with Crippen LogP contribution in [0.4, 0.5) is 5.82 Å². The first-order valence-electron chi connectivity index (χ1n) is 7.80. The van der Waals surface area contributed by atoms with E-state index in [0.29, 0.717) is 17.7 Å². The van der Waals surface area contributed by atoms with Gasteiger partial charge >= 0.3 is 0 Å². The monoisotopic (exact) mass is 354 g/mol. The van der Waals surface area contributed by atoms with Gasteiger partial charge in [-0.05, 0) is 12.7 Å². The average Bonchev–Trinajstić information content (AvgIpc) is 3.12. The first kappa shape index (κ1) is 17.4. The number of hydrogen-bond donors (Lipinski definition) is 3. The number of nitrogens with zero attached hydrogens (tertiary/aromatic N) is 5. The molecule has 3 heterocycles. The number of aliphatic hydroxyl groups excluding tert-OH is 2. The molecule has 1 saturated heterocycles. The highest BCUT2D eigenvalue weighted by Gasteiger charge is 2.44. The molecule has 0 saturated carbocycles. The summed E-state index contributed by atoms with van der Waals surface area (Å²) in [5.74, 6) is 0.264. The second-order valence-corrected chi connectivity index (χ2v) is 6.58. The van der Waals surface area contributed by atoms with Crippen LogP contribution < -0.4 is 5.73 Å². The molecule has 0 bridgehead atoms. The third-order valence-corrected chi connectivity index (χ3v) is 4.96. The van der Waals surface area contributed by atoms with E-state index in [2.05, 4.69) is 26.2 Å². The second-order valence-electron chi connectivity index (χ2n) is 5.70. The number of ether oxygens (including phenoxy) is 1. The lowest BCUT2D eigenvalue weighted by molar-refractivity contribution is -0.0381. The van der Waals surface area contributed by atoms with Crippen molar-refractivity contribution in [2.24, 2.45) is 0 Å². The highest BCUT2D eigenvalue weighted by Crippen LogP contribution is 2.32. The average molecular weight is 354 g/mol. The lowest BCUT2D eigenvalue weighted by Gasteiger charge is -2.23. The minimum atomic E-state index is -1.08. The summed E-state index contributed by atoms with van der Waals surface area (Å²) in [5.41, 5.74) is 6.70. The topological polar surface area (TPSA) is 123 Å². The van der Waals surface area contributed by atoms with Crippen molar-refractivity contribution in [3.63, 3.8) is 0 Å². The molecule has 3 rings (SSSR count). The number of anilines is 1. The Bertz CT molecular complexity index is 698. The molecule has 4 atom stereocenters. The summed E-state index contributed by atoms with van der Waals surface area (Å²) < 4.78 is 9.62. The maximum Gasteiger partial charge on any atom is 0.167 e. The second kappa shape index (κ2) is 7.19. The molecule has 0 spiro atoms. The van der Waals surface area contributed by atoms with E-state index in [0.717, 1.165) is 13.0 Å². The van der Waals surface area contributed by atoms with E-state index in [9.17, 15) is 10.2 Å². The Morgan fingerprint density at radius 3 is 2.83 bits per heavy atom. The van der Waals surface area contributed by atoms with Gasteiger partial charge in [-0.25, -0.2) is 19.3 Å². The van der Waals surface area contributed by atoms with Crippen LogP contribution in [-0.4, -0.2) is 71.7 Å². The number of aliphatic hydroxyl groups is 2. The van der Waals surface area contributed by atoms with E-state index in [1.165, 1.54) is 12.7 Å². The first-order valence-corrected chi connectivity index (χ1v) is 8.98. The number of rotatable bonds is 6. The zero-order valence-electron chi connectivity index (χ0n) is 13.6. The number of hydrogen-bond acceptors (Lipinski definition) is 9. The highest BCUT2D eigenvalue weighted by atomic mass is 32.2. The summed E-state index contributed by atoms with van der Waals surface area (Å²) in [6.07, 6.45) is 2.48. The van der Waals surface area contributed by atoms with Gasteiger partial charge in [-0.3, -0.25) is 4.57 Å². The molecule has 4 N–H and O–H groups in total. The van der Waals surface area contributed by atoms with Crippen molar-refractivity contribution >= 4 is 28.9 Å². The Labute approximate surface area is 144 Å². The van der Waals surface area contributed by atoms with E-state index in [1.807, 2.05) is 6.26 Å². The van der Waals surface area contributed by atoms with Gasteiger partial charge in [0.2, 0.25) is 0 Å². The molecule has 0 aliphatic carbocycles. The predicted octanol–water partition coefficient (Wildman–Crippen LogP) is 0.0177. The van der Waals surface area contributed by atoms with Crippen molar-refractivity contribution in [2.45, 2.75) is 37.9 Å². The summed E-state index contributed by atoms with van der Waals surface area (Å²) >= 11 is 1.59.